The highest BCUT2D eigenvalue weighted by atomic mass is 32.2. The fourth-order valence-electron chi connectivity index (χ4n) is 4.59. The smallest absolute Gasteiger partial charge is 0.323 e. The number of hydrogen-bond donors (Lipinski definition) is 2. The minimum absolute atomic E-state index is 0.149. The molecule has 4 amide bonds. The lowest BCUT2D eigenvalue weighted by Crippen LogP contribution is -2.39. The van der Waals surface area contributed by atoms with E-state index in [0.29, 0.717) is 36.6 Å². The number of carbonyl (C=O) groups excluding carboxylic acids is 3. The molecule has 0 atom stereocenters. The fourth-order valence-corrected chi connectivity index (χ4v) is 7.39. The molecule has 0 saturated carbocycles. The summed E-state index contributed by atoms with van der Waals surface area (Å²) in [7, 11) is -0.486. The number of amides is 4. The van der Waals surface area contributed by atoms with Gasteiger partial charge in [-0.1, -0.05) is 6.92 Å². The molecule has 1 aromatic heterocycles. The molecule has 10 nitrogen and oxygen atoms in total. The number of fused-ring (bicyclic) bond motifs is 1. The van der Waals surface area contributed by atoms with E-state index in [1.165, 1.54) is 44.8 Å². The third kappa shape index (κ3) is 5.87. The Hall–Kier alpha value is -2.80. The maximum absolute atomic E-state index is 13.1. The summed E-state index contributed by atoms with van der Waals surface area (Å²) in [6.45, 7) is 5.53. The van der Waals surface area contributed by atoms with Crippen molar-refractivity contribution >= 4 is 44.2 Å². The Labute approximate surface area is 221 Å². The molecule has 0 bridgehead atoms. The van der Waals surface area contributed by atoms with Gasteiger partial charge in [-0.3, -0.25) is 19.8 Å². The van der Waals surface area contributed by atoms with Gasteiger partial charge >= 0.3 is 6.03 Å². The van der Waals surface area contributed by atoms with Crippen LogP contribution in [0.15, 0.2) is 29.2 Å². The summed E-state index contributed by atoms with van der Waals surface area (Å²) in [5.74, 6) is -1.01. The summed E-state index contributed by atoms with van der Waals surface area (Å²) in [6, 6.07) is 5.29. The summed E-state index contributed by atoms with van der Waals surface area (Å²) >= 11 is 1.34. The summed E-state index contributed by atoms with van der Waals surface area (Å²) in [5.41, 5.74) is 1.44. The highest BCUT2D eigenvalue weighted by molar-refractivity contribution is 7.89. The van der Waals surface area contributed by atoms with Crippen molar-refractivity contribution in [3.63, 3.8) is 0 Å². The van der Waals surface area contributed by atoms with Crippen LogP contribution in [-0.2, 0) is 23.0 Å². The zero-order chi connectivity index (χ0) is 26.7. The fraction of sp³-hybridized carbons (Fsp3) is 0.480. The number of nitrogens with one attached hydrogen (secondary N) is 2. The Kier molecular flexibility index (Phi) is 8.32. The first kappa shape index (κ1) is 27.2. The minimum atomic E-state index is -3.58. The standard InChI is InChI=1S/C25H33N5O5S2/c1-4-12-29-15-11-19-20(16-29)36-24(21(19)23(32)27-25(33)28(2)3)26-22(31)17-7-9-18(10-8-17)37(34,35)30-13-5-6-14-30/h7-10H,4-6,11-16H2,1-3H3,(H,26,31)(H,27,32,33). The Morgan fingerprint density at radius 3 is 2.32 bits per heavy atom. The van der Waals surface area contributed by atoms with Crippen molar-refractivity contribution in [2.75, 3.05) is 45.6 Å². The first-order valence-electron chi connectivity index (χ1n) is 12.4. The topological polar surface area (TPSA) is 119 Å². The van der Waals surface area contributed by atoms with Crippen molar-refractivity contribution in [3.05, 3.63) is 45.8 Å². The van der Waals surface area contributed by atoms with E-state index in [-0.39, 0.29) is 10.5 Å². The molecule has 4 rings (SSSR count). The Morgan fingerprint density at radius 2 is 1.70 bits per heavy atom. The number of sulfonamides is 1. The predicted octanol–water partition coefficient (Wildman–Crippen LogP) is 2.96. The lowest BCUT2D eigenvalue weighted by Gasteiger charge is -2.26. The van der Waals surface area contributed by atoms with E-state index in [2.05, 4.69) is 22.5 Å². The summed E-state index contributed by atoms with van der Waals surface area (Å²) in [4.78, 5) is 43.1. The molecule has 2 N–H and O–H groups in total. The number of hydrogen-bond acceptors (Lipinski definition) is 7. The number of nitrogens with zero attached hydrogens (tertiary/aromatic N) is 3. The number of carbonyl (C=O) groups is 3. The average molecular weight is 548 g/mol. The van der Waals surface area contributed by atoms with Crippen LogP contribution in [-0.4, -0.2) is 80.6 Å². The molecule has 3 heterocycles. The SMILES string of the molecule is CCCN1CCc2c(sc(NC(=O)c3ccc(S(=O)(=O)N4CCCC4)cc3)c2C(=O)NC(=O)N(C)C)C1. The van der Waals surface area contributed by atoms with Crippen LogP contribution in [0.5, 0.6) is 0 Å². The number of imide groups is 1. The van der Waals surface area contributed by atoms with E-state index >= 15 is 0 Å². The minimum Gasteiger partial charge on any atom is -0.331 e. The Bertz CT molecular complexity index is 1280. The lowest BCUT2D eigenvalue weighted by atomic mass is 10.0. The van der Waals surface area contributed by atoms with Gasteiger partial charge in [-0.15, -0.1) is 11.3 Å². The predicted molar refractivity (Wildman–Crippen MR) is 143 cm³/mol. The van der Waals surface area contributed by atoms with Gasteiger partial charge in [-0.25, -0.2) is 13.2 Å². The molecule has 2 aliphatic heterocycles. The van der Waals surface area contributed by atoms with Gasteiger partial charge in [0.05, 0.1) is 10.5 Å². The highest BCUT2D eigenvalue weighted by Gasteiger charge is 2.30. The maximum Gasteiger partial charge on any atom is 0.323 e. The van der Waals surface area contributed by atoms with Gasteiger partial charge in [-0.2, -0.15) is 4.31 Å². The van der Waals surface area contributed by atoms with Crippen LogP contribution in [0.4, 0.5) is 9.80 Å². The molecule has 2 aliphatic rings. The van der Waals surface area contributed by atoms with Crippen LogP contribution in [0.25, 0.3) is 0 Å². The number of rotatable bonds is 7. The van der Waals surface area contributed by atoms with Crippen molar-refractivity contribution in [1.29, 1.82) is 0 Å². The molecular weight excluding hydrogens is 514 g/mol. The third-order valence-electron chi connectivity index (χ3n) is 6.58. The van der Waals surface area contributed by atoms with E-state index in [0.717, 1.165) is 42.8 Å². The molecular formula is C25H33N5O5S2. The first-order chi connectivity index (χ1) is 17.6. The van der Waals surface area contributed by atoms with Crippen molar-refractivity contribution < 1.29 is 22.8 Å². The van der Waals surface area contributed by atoms with E-state index in [1.54, 1.807) is 14.1 Å². The molecule has 12 heteroatoms. The largest absolute Gasteiger partial charge is 0.331 e. The van der Waals surface area contributed by atoms with Gasteiger partial charge in [0.1, 0.15) is 5.00 Å². The molecule has 0 unspecified atom stereocenters. The monoisotopic (exact) mass is 547 g/mol. The van der Waals surface area contributed by atoms with Crippen molar-refractivity contribution in [3.8, 4) is 0 Å². The number of benzene rings is 1. The van der Waals surface area contributed by atoms with Crippen LogP contribution in [0.3, 0.4) is 0 Å². The average Bonchev–Trinajstić information content (AvgIpc) is 3.52. The van der Waals surface area contributed by atoms with Gasteiger partial charge in [0.15, 0.2) is 0 Å². The third-order valence-corrected chi connectivity index (χ3v) is 9.62. The summed E-state index contributed by atoms with van der Waals surface area (Å²) in [6.07, 6.45) is 3.34. The van der Waals surface area contributed by atoms with Crippen LogP contribution in [0.1, 0.15) is 57.3 Å². The number of urea groups is 1. The van der Waals surface area contributed by atoms with Gasteiger partial charge in [-0.05, 0) is 62.1 Å². The Balaban J connectivity index is 1.58. The maximum atomic E-state index is 13.1. The number of anilines is 1. The normalized spacial score (nSPS) is 16.3. The zero-order valence-corrected chi connectivity index (χ0v) is 23.0. The van der Waals surface area contributed by atoms with Gasteiger partial charge in [0.25, 0.3) is 11.8 Å². The van der Waals surface area contributed by atoms with E-state index < -0.39 is 27.9 Å². The van der Waals surface area contributed by atoms with E-state index in [9.17, 15) is 22.8 Å². The molecule has 200 valence electrons. The lowest BCUT2D eigenvalue weighted by molar-refractivity contribution is 0.0956. The van der Waals surface area contributed by atoms with E-state index in [4.69, 9.17) is 0 Å². The number of thiophene rings is 1. The highest BCUT2D eigenvalue weighted by Crippen LogP contribution is 2.37. The van der Waals surface area contributed by atoms with Crippen LogP contribution in [0, 0.1) is 0 Å². The van der Waals surface area contributed by atoms with Gasteiger partial charge in [0.2, 0.25) is 10.0 Å². The zero-order valence-electron chi connectivity index (χ0n) is 21.4. The molecule has 1 saturated heterocycles. The Morgan fingerprint density at radius 1 is 1.03 bits per heavy atom. The summed E-state index contributed by atoms with van der Waals surface area (Å²) < 4.78 is 27.0. The van der Waals surface area contributed by atoms with Crippen molar-refractivity contribution in [1.82, 2.24) is 19.4 Å². The van der Waals surface area contributed by atoms with Crippen LogP contribution >= 0.6 is 11.3 Å². The van der Waals surface area contributed by atoms with E-state index in [1.807, 2.05) is 0 Å². The molecule has 0 spiro atoms. The van der Waals surface area contributed by atoms with Crippen LogP contribution < -0.4 is 10.6 Å². The first-order valence-corrected chi connectivity index (χ1v) is 14.7. The van der Waals surface area contributed by atoms with Crippen LogP contribution in [0.2, 0.25) is 0 Å². The molecule has 0 radical (unpaired) electrons. The van der Waals surface area contributed by atoms with Crippen molar-refractivity contribution in [2.45, 2.75) is 44.0 Å². The second-order valence-electron chi connectivity index (χ2n) is 9.48. The molecule has 2 aromatic rings. The quantitative estimate of drug-likeness (QED) is 0.550. The van der Waals surface area contributed by atoms with Crippen molar-refractivity contribution in [2.24, 2.45) is 0 Å². The molecule has 0 aliphatic carbocycles. The van der Waals surface area contributed by atoms with Gasteiger partial charge < -0.3 is 10.2 Å². The second kappa shape index (κ2) is 11.3. The summed E-state index contributed by atoms with van der Waals surface area (Å²) in [5, 5.41) is 5.61. The molecule has 1 aromatic carbocycles. The second-order valence-corrected chi connectivity index (χ2v) is 12.5. The molecule has 1 fully saturated rings. The molecule has 37 heavy (non-hydrogen) atoms. The van der Waals surface area contributed by atoms with Gasteiger partial charge in [0, 0.05) is 50.7 Å².